The van der Waals surface area contributed by atoms with E-state index in [1.54, 1.807) is 0 Å². The van der Waals surface area contributed by atoms with Gasteiger partial charge < -0.3 is 69.0 Å². The van der Waals surface area contributed by atoms with Gasteiger partial charge in [0.15, 0.2) is 12.6 Å². The van der Waals surface area contributed by atoms with Crippen molar-refractivity contribution in [2.75, 3.05) is 0 Å². The molecule has 2 aliphatic heterocycles. The van der Waals surface area contributed by atoms with Crippen LogP contribution >= 0.6 is 0 Å². The molecule has 4 rings (SSSR count). The lowest BCUT2D eigenvalue weighted by atomic mass is 9.85. The maximum Gasteiger partial charge on any atom is 0.187 e. The van der Waals surface area contributed by atoms with Crippen LogP contribution in [0.4, 0.5) is 0 Å². The number of carbonyl (C=O) groups is 2. The quantitative estimate of drug-likeness (QED) is 0.169. The van der Waals surface area contributed by atoms with Crippen molar-refractivity contribution >= 4 is 11.9 Å². The first-order chi connectivity index (χ1) is 19.5. The molecule has 5 N–H and O–H groups in total. The van der Waals surface area contributed by atoms with Crippen LogP contribution in [0.15, 0.2) is 0 Å². The van der Waals surface area contributed by atoms with Crippen LogP contribution in [0.2, 0.25) is 0 Å². The van der Waals surface area contributed by atoms with Crippen LogP contribution in [-0.2, 0) is 33.3 Å². The monoisotopic (exact) mass is 590 g/mol. The number of rotatable bonds is 10. The number of aliphatic hydroxyl groups excluding tert-OH is 5. The van der Waals surface area contributed by atoms with Gasteiger partial charge in [-0.3, -0.25) is 0 Å². The van der Waals surface area contributed by atoms with E-state index < -0.39 is 91.7 Å². The molecule has 41 heavy (non-hydrogen) atoms. The van der Waals surface area contributed by atoms with Gasteiger partial charge in [0.05, 0.1) is 36.4 Å². The van der Waals surface area contributed by atoms with Crippen molar-refractivity contribution in [1.29, 1.82) is 0 Å². The summed E-state index contributed by atoms with van der Waals surface area (Å²) in [7, 11) is 0. The summed E-state index contributed by atoms with van der Waals surface area (Å²) in [5.41, 5.74) is 0. The van der Waals surface area contributed by atoms with Crippen molar-refractivity contribution < 1.29 is 69.0 Å². The summed E-state index contributed by atoms with van der Waals surface area (Å²) in [5, 5.41) is 76.0. The number of carbonyl (C=O) groups excluding carboxylic acids is 2. The van der Waals surface area contributed by atoms with Crippen LogP contribution in [0.1, 0.15) is 71.1 Å². The molecule has 14 nitrogen and oxygen atoms in total. The molecule has 4 fully saturated rings. The molecule has 0 amide bonds. The summed E-state index contributed by atoms with van der Waals surface area (Å²) >= 11 is 0. The molecular formula is C27H42O14-2. The van der Waals surface area contributed by atoms with Crippen molar-refractivity contribution in [3.05, 3.63) is 0 Å². The zero-order chi connectivity index (χ0) is 29.8. The van der Waals surface area contributed by atoms with Crippen LogP contribution in [0.25, 0.3) is 0 Å². The third kappa shape index (κ3) is 7.74. The number of carboxylic acid groups (broad SMARTS) is 2. The van der Waals surface area contributed by atoms with E-state index in [1.165, 1.54) is 6.92 Å². The Morgan fingerprint density at radius 3 is 1.88 bits per heavy atom. The third-order valence-electron chi connectivity index (χ3n) is 8.70. The van der Waals surface area contributed by atoms with E-state index in [2.05, 4.69) is 0 Å². The zero-order valence-corrected chi connectivity index (χ0v) is 23.1. The molecule has 4 aliphatic rings. The van der Waals surface area contributed by atoms with E-state index in [0.29, 0.717) is 25.7 Å². The Bertz CT molecular complexity index is 867. The fraction of sp³-hybridized carbons (Fsp3) is 0.926. The average molecular weight is 591 g/mol. The molecule has 0 unspecified atom stereocenters. The maximum absolute atomic E-state index is 11.9. The standard InChI is InChI=1S/C27H44O14/c1-12-17(28)18(29)19(30)26(37-12)39-14-9-5-6-10-15(14)40-27-21(32)22(20(31)23(41-27)25(35)36)38-16(24(33)34)11-13-7-3-2-4-8-13/h12-23,26-32H,2-11H2,1H3,(H,33,34)(H,35,36)/p-2/t12-,14+,15+,16-,17+,18-,19-,20+,21-,22-,23+,26-,27+/m0/s1. The van der Waals surface area contributed by atoms with Gasteiger partial charge in [0.25, 0.3) is 0 Å². The number of aliphatic carboxylic acids is 2. The minimum absolute atomic E-state index is 0.0459. The third-order valence-corrected chi connectivity index (χ3v) is 8.70. The lowest BCUT2D eigenvalue weighted by molar-refractivity contribution is -0.367. The average Bonchev–Trinajstić information content (AvgIpc) is 2.94. The number of hydrogen-bond acceptors (Lipinski definition) is 14. The Morgan fingerprint density at radius 2 is 1.32 bits per heavy atom. The minimum Gasteiger partial charge on any atom is -0.547 e. The topological polar surface area (TPSA) is 228 Å². The molecule has 2 saturated carbocycles. The summed E-state index contributed by atoms with van der Waals surface area (Å²) in [5.74, 6) is -3.30. The van der Waals surface area contributed by atoms with Gasteiger partial charge in [-0.15, -0.1) is 0 Å². The van der Waals surface area contributed by atoms with E-state index in [9.17, 15) is 45.3 Å². The van der Waals surface area contributed by atoms with Crippen molar-refractivity contribution in [3.8, 4) is 0 Å². The number of carboxylic acids is 2. The first-order valence-electron chi connectivity index (χ1n) is 14.6. The first kappa shape index (κ1) is 32.5. The smallest absolute Gasteiger partial charge is 0.187 e. The molecule has 14 heteroatoms. The van der Waals surface area contributed by atoms with Gasteiger partial charge in [-0.25, -0.2) is 0 Å². The molecule has 13 atom stereocenters. The van der Waals surface area contributed by atoms with E-state index in [0.717, 1.165) is 32.1 Å². The van der Waals surface area contributed by atoms with E-state index in [4.69, 9.17) is 23.7 Å². The van der Waals surface area contributed by atoms with E-state index >= 15 is 0 Å². The van der Waals surface area contributed by atoms with Gasteiger partial charge in [0.1, 0.15) is 42.7 Å². The van der Waals surface area contributed by atoms with Crippen molar-refractivity contribution in [1.82, 2.24) is 0 Å². The SMILES string of the molecule is C[C@@H]1O[C@@H](O[C@@H]2CCCC[C@H]2O[C@@H]2O[C@@H](C(=O)[O-])[C@H](O)[C@H](O[C@@H](CC3CCCCC3)C(=O)[O-])[C@@H]2O)[C@@H](O)[C@@H](O)[C@@H]1O. The summed E-state index contributed by atoms with van der Waals surface area (Å²) in [6.07, 6.45) is -11.8. The van der Waals surface area contributed by atoms with Gasteiger partial charge >= 0.3 is 0 Å². The van der Waals surface area contributed by atoms with Crippen LogP contribution in [0.5, 0.6) is 0 Å². The van der Waals surface area contributed by atoms with Gasteiger partial charge in [-0.05, 0) is 32.1 Å². The predicted molar refractivity (Wildman–Crippen MR) is 131 cm³/mol. The second kappa shape index (κ2) is 14.3. The summed E-state index contributed by atoms with van der Waals surface area (Å²) < 4.78 is 28.4. The fourth-order valence-electron chi connectivity index (χ4n) is 6.27. The Kier molecular flexibility index (Phi) is 11.4. The molecule has 2 heterocycles. The van der Waals surface area contributed by atoms with Gasteiger partial charge in [-0.1, -0.05) is 44.9 Å². The molecule has 0 spiro atoms. The summed E-state index contributed by atoms with van der Waals surface area (Å²) in [4.78, 5) is 23.7. The van der Waals surface area contributed by atoms with E-state index in [-0.39, 0.29) is 12.3 Å². The highest BCUT2D eigenvalue weighted by Gasteiger charge is 2.50. The largest absolute Gasteiger partial charge is 0.547 e. The van der Waals surface area contributed by atoms with Gasteiger partial charge in [0, 0.05) is 0 Å². The minimum atomic E-state index is -1.99. The molecule has 0 radical (unpaired) electrons. The van der Waals surface area contributed by atoms with Crippen molar-refractivity contribution in [2.45, 2.75) is 151 Å². The number of hydrogen-bond donors (Lipinski definition) is 5. The Hall–Kier alpha value is -1.46. The summed E-state index contributed by atoms with van der Waals surface area (Å²) in [6, 6.07) is 0. The highest BCUT2D eigenvalue weighted by Crippen LogP contribution is 2.34. The lowest BCUT2D eigenvalue weighted by Gasteiger charge is -2.46. The second-order valence-corrected chi connectivity index (χ2v) is 11.7. The Balaban J connectivity index is 1.47. The highest BCUT2D eigenvalue weighted by atomic mass is 16.7. The van der Waals surface area contributed by atoms with Crippen LogP contribution in [0, 0.1) is 5.92 Å². The molecule has 2 saturated heterocycles. The summed E-state index contributed by atoms with van der Waals surface area (Å²) in [6.45, 7) is 1.51. The molecule has 236 valence electrons. The first-order valence-corrected chi connectivity index (χ1v) is 14.6. The molecule has 2 aliphatic carbocycles. The molecule has 0 bridgehead atoms. The molecule has 0 aromatic carbocycles. The maximum atomic E-state index is 11.9. The highest BCUT2D eigenvalue weighted by molar-refractivity contribution is 5.71. The van der Waals surface area contributed by atoms with Crippen LogP contribution in [0.3, 0.4) is 0 Å². The van der Waals surface area contributed by atoms with E-state index in [1.807, 2.05) is 0 Å². The van der Waals surface area contributed by atoms with Crippen molar-refractivity contribution in [2.24, 2.45) is 5.92 Å². The molecule has 0 aromatic heterocycles. The Labute approximate surface area is 238 Å². The van der Waals surface area contributed by atoms with Crippen LogP contribution in [-0.4, -0.2) is 117 Å². The molecular weight excluding hydrogens is 548 g/mol. The second-order valence-electron chi connectivity index (χ2n) is 11.7. The van der Waals surface area contributed by atoms with Crippen LogP contribution < -0.4 is 10.2 Å². The fourth-order valence-corrected chi connectivity index (χ4v) is 6.27. The van der Waals surface area contributed by atoms with Crippen molar-refractivity contribution in [3.63, 3.8) is 0 Å². The van der Waals surface area contributed by atoms with Gasteiger partial charge in [0.2, 0.25) is 0 Å². The van der Waals surface area contributed by atoms with Gasteiger partial charge in [-0.2, -0.15) is 0 Å². The number of ether oxygens (including phenoxy) is 5. The normalized spacial score (nSPS) is 43.4. The Morgan fingerprint density at radius 1 is 0.756 bits per heavy atom. The zero-order valence-electron chi connectivity index (χ0n) is 23.1. The predicted octanol–water partition coefficient (Wildman–Crippen LogP) is -3.17. The number of aliphatic hydroxyl groups is 5. The molecule has 0 aromatic rings. The lowest BCUT2D eigenvalue weighted by Crippen LogP contribution is -2.65.